The monoisotopic (exact) mass is 501 g/mol. The third kappa shape index (κ3) is 3.76. The highest BCUT2D eigenvalue weighted by Crippen LogP contribution is 2.61. The highest BCUT2D eigenvalue weighted by Gasteiger charge is 2.59. The second kappa shape index (κ2) is 8.41. The first-order chi connectivity index (χ1) is 16.5. The van der Waals surface area contributed by atoms with E-state index in [-0.39, 0.29) is 9.49 Å². The molecule has 4 nitrogen and oxygen atoms in total. The van der Waals surface area contributed by atoms with Crippen LogP contribution in [0.1, 0.15) is 77.0 Å². The Bertz CT molecular complexity index is 853. The Morgan fingerprint density at radius 2 is 1.06 bits per heavy atom. The number of hydrogen-bond acceptors (Lipinski definition) is 3. The molecule has 186 valence electrons. The molecular formula is C28H39NO3S2. The lowest BCUT2D eigenvalue weighted by Gasteiger charge is -2.58. The molecule has 0 heterocycles. The Morgan fingerprint density at radius 1 is 0.676 bits per heavy atom. The maximum absolute atomic E-state index is 14.6. The standard InChI is InChI=1S/C28H39NO3S2/c30-33(27-14-20-8-21(15-27)10-22(9-20)16-27)29(6-7-32-26-4-2-1-3-5-26)34(31)28-17-23-11-24(18-28)13-25(12-23)19-28/h1-5,20-25H,6-19H2. The average Bonchev–Trinajstić information content (AvgIpc) is 2.80. The van der Waals surface area contributed by atoms with E-state index in [2.05, 4.69) is 0 Å². The van der Waals surface area contributed by atoms with E-state index in [0.29, 0.717) is 13.2 Å². The zero-order valence-corrected chi connectivity index (χ0v) is 21.9. The topological polar surface area (TPSA) is 46.6 Å². The van der Waals surface area contributed by atoms with Gasteiger partial charge in [-0.2, -0.15) is 0 Å². The molecule has 6 heteroatoms. The van der Waals surface area contributed by atoms with Gasteiger partial charge in [0.25, 0.3) is 0 Å². The summed E-state index contributed by atoms with van der Waals surface area (Å²) < 4.78 is 36.9. The fourth-order valence-electron chi connectivity index (χ4n) is 9.90. The molecular weight excluding hydrogens is 462 g/mol. The summed E-state index contributed by atoms with van der Waals surface area (Å²) in [7, 11) is -2.42. The molecule has 0 saturated heterocycles. The Kier molecular flexibility index (Phi) is 5.56. The third-order valence-electron chi connectivity index (χ3n) is 10.4. The molecule has 1 aromatic carbocycles. The van der Waals surface area contributed by atoms with Crippen LogP contribution in [-0.4, -0.2) is 34.8 Å². The summed E-state index contributed by atoms with van der Waals surface area (Å²) in [6, 6.07) is 9.89. The molecule has 8 saturated carbocycles. The number of rotatable bonds is 8. The van der Waals surface area contributed by atoms with Crippen LogP contribution in [-0.2, 0) is 22.0 Å². The molecule has 0 radical (unpaired) electrons. The lowest BCUT2D eigenvalue weighted by atomic mass is 9.56. The lowest BCUT2D eigenvalue weighted by Crippen LogP contribution is -2.60. The van der Waals surface area contributed by atoms with E-state index in [9.17, 15) is 8.42 Å². The van der Waals surface area contributed by atoms with Gasteiger partial charge in [0, 0.05) is 0 Å². The molecule has 2 unspecified atom stereocenters. The van der Waals surface area contributed by atoms with Crippen LogP contribution in [0, 0.1) is 35.5 Å². The van der Waals surface area contributed by atoms with Gasteiger partial charge < -0.3 is 4.74 Å². The van der Waals surface area contributed by atoms with Gasteiger partial charge in [-0.3, -0.25) is 0 Å². The number of para-hydroxylation sites is 1. The van der Waals surface area contributed by atoms with Crippen LogP contribution in [0.4, 0.5) is 0 Å². The fraction of sp³-hybridized carbons (Fsp3) is 0.786. The second-order valence-corrected chi connectivity index (χ2v) is 16.8. The van der Waals surface area contributed by atoms with Crippen molar-refractivity contribution in [1.29, 1.82) is 0 Å². The summed E-state index contributed by atoms with van der Waals surface area (Å²) in [6.07, 6.45) is 14.5. The quantitative estimate of drug-likeness (QED) is 0.464. The Morgan fingerprint density at radius 3 is 1.44 bits per heavy atom. The van der Waals surface area contributed by atoms with Gasteiger partial charge in [-0.25, -0.2) is 8.42 Å². The molecule has 8 aliphatic carbocycles. The summed E-state index contributed by atoms with van der Waals surface area (Å²) >= 11 is 0. The van der Waals surface area contributed by atoms with Crippen LogP contribution in [0.2, 0.25) is 0 Å². The summed E-state index contributed by atoms with van der Waals surface area (Å²) in [5, 5.41) is 0. The van der Waals surface area contributed by atoms with Crippen LogP contribution in [0.25, 0.3) is 0 Å². The van der Waals surface area contributed by atoms with Gasteiger partial charge in [0.1, 0.15) is 34.3 Å². The molecule has 8 aliphatic rings. The fourth-order valence-corrected chi connectivity index (χ4v) is 15.0. The van der Waals surface area contributed by atoms with Crippen LogP contribution in [0.5, 0.6) is 5.75 Å². The third-order valence-corrected chi connectivity index (χ3v) is 14.8. The van der Waals surface area contributed by atoms with Gasteiger partial charge in [0.2, 0.25) is 0 Å². The van der Waals surface area contributed by atoms with E-state index in [1.54, 1.807) is 0 Å². The molecule has 0 aromatic heterocycles. The maximum Gasteiger partial charge on any atom is 0.119 e. The van der Waals surface area contributed by atoms with Crippen molar-refractivity contribution in [3.8, 4) is 5.75 Å². The minimum absolute atomic E-state index is 0.139. The first-order valence-electron chi connectivity index (χ1n) is 13.8. The minimum Gasteiger partial charge on any atom is -0.492 e. The van der Waals surface area contributed by atoms with Crippen molar-refractivity contribution in [2.75, 3.05) is 13.2 Å². The lowest BCUT2D eigenvalue weighted by molar-refractivity contribution is 0.0324. The first-order valence-corrected chi connectivity index (χ1v) is 16.0. The van der Waals surface area contributed by atoms with Crippen molar-refractivity contribution in [1.82, 2.24) is 3.71 Å². The van der Waals surface area contributed by atoms with Gasteiger partial charge in [-0.1, -0.05) is 18.2 Å². The average molecular weight is 502 g/mol. The number of nitrogens with zero attached hydrogens (tertiary/aromatic N) is 1. The van der Waals surface area contributed by atoms with E-state index in [1.165, 1.54) is 38.5 Å². The van der Waals surface area contributed by atoms with Crippen molar-refractivity contribution in [3.63, 3.8) is 0 Å². The molecule has 8 bridgehead atoms. The SMILES string of the molecule is O=S(N(CCOc1ccccc1)S(=O)C12CC3CC(CC(C3)C1)C2)C12CC3CC(CC(C3)C1)C2. The Labute approximate surface area is 209 Å². The van der Waals surface area contributed by atoms with E-state index in [4.69, 9.17) is 4.74 Å². The summed E-state index contributed by atoms with van der Waals surface area (Å²) in [6.45, 7) is 0.942. The minimum atomic E-state index is -1.21. The molecule has 8 fully saturated rings. The summed E-state index contributed by atoms with van der Waals surface area (Å²) in [5.74, 6) is 5.28. The summed E-state index contributed by atoms with van der Waals surface area (Å²) in [4.78, 5) is 0. The number of ether oxygens (including phenoxy) is 1. The molecule has 1 aromatic rings. The predicted octanol–water partition coefficient (Wildman–Crippen LogP) is 5.63. The van der Waals surface area contributed by atoms with Crippen molar-refractivity contribution >= 4 is 22.0 Å². The van der Waals surface area contributed by atoms with Crippen LogP contribution in [0.3, 0.4) is 0 Å². The zero-order valence-electron chi connectivity index (χ0n) is 20.2. The highest BCUT2D eigenvalue weighted by atomic mass is 32.3. The second-order valence-electron chi connectivity index (χ2n) is 12.9. The van der Waals surface area contributed by atoms with Crippen LogP contribution >= 0.6 is 0 Å². The number of hydrogen-bond donors (Lipinski definition) is 0. The Balaban J connectivity index is 1.16. The highest BCUT2D eigenvalue weighted by molar-refractivity contribution is 7.99. The predicted molar refractivity (Wildman–Crippen MR) is 137 cm³/mol. The summed E-state index contributed by atoms with van der Waals surface area (Å²) in [5.41, 5.74) is 0. The van der Waals surface area contributed by atoms with Gasteiger partial charge in [0.05, 0.1) is 16.0 Å². The van der Waals surface area contributed by atoms with Gasteiger partial charge in [0.15, 0.2) is 0 Å². The van der Waals surface area contributed by atoms with E-state index in [1.807, 2.05) is 34.0 Å². The molecule has 0 N–H and O–H groups in total. The smallest absolute Gasteiger partial charge is 0.119 e. The molecule has 2 atom stereocenters. The van der Waals surface area contributed by atoms with Crippen molar-refractivity contribution in [2.45, 2.75) is 86.5 Å². The zero-order chi connectivity index (χ0) is 22.9. The van der Waals surface area contributed by atoms with Crippen LogP contribution < -0.4 is 4.74 Å². The molecule has 0 aliphatic heterocycles. The molecule has 0 spiro atoms. The number of benzene rings is 1. The van der Waals surface area contributed by atoms with Crippen molar-refractivity contribution in [2.24, 2.45) is 35.5 Å². The maximum atomic E-state index is 14.6. The molecule has 9 rings (SSSR count). The van der Waals surface area contributed by atoms with Crippen LogP contribution in [0.15, 0.2) is 30.3 Å². The molecule has 34 heavy (non-hydrogen) atoms. The van der Waals surface area contributed by atoms with Gasteiger partial charge in [-0.15, -0.1) is 3.71 Å². The van der Waals surface area contributed by atoms with E-state index in [0.717, 1.165) is 79.8 Å². The van der Waals surface area contributed by atoms with Crippen molar-refractivity contribution in [3.05, 3.63) is 30.3 Å². The van der Waals surface area contributed by atoms with E-state index < -0.39 is 22.0 Å². The van der Waals surface area contributed by atoms with Gasteiger partial charge >= 0.3 is 0 Å². The Hall–Kier alpha value is -0.720. The van der Waals surface area contributed by atoms with Gasteiger partial charge in [-0.05, 0) is 125 Å². The molecule has 0 amide bonds. The van der Waals surface area contributed by atoms with Crippen molar-refractivity contribution < 1.29 is 13.2 Å². The van der Waals surface area contributed by atoms with E-state index >= 15 is 0 Å². The first kappa shape index (κ1) is 22.5. The normalized spacial score (nSPS) is 45.6. The largest absolute Gasteiger partial charge is 0.492 e.